The van der Waals surface area contributed by atoms with Crippen LogP contribution >= 0.6 is 0 Å². The highest BCUT2D eigenvalue weighted by molar-refractivity contribution is 7.92. The predicted molar refractivity (Wildman–Crippen MR) is 114 cm³/mol. The summed E-state index contributed by atoms with van der Waals surface area (Å²) in [5, 5.41) is 0. The number of rotatable bonds is 8. The van der Waals surface area contributed by atoms with E-state index in [0.29, 0.717) is 22.9 Å². The van der Waals surface area contributed by atoms with Crippen LogP contribution in [0.2, 0.25) is 0 Å². The molecule has 2 aromatic carbocycles. The molecule has 0 unspecified atom stereocenters. The van der Waals surface area contributed by atoms with E-state index in [1.165, 1.54) is 16.4 Å². The van der Waals surface area contributed by atoms with Crippen LogP contribution in [0.25, 0.3) is 0 Å². The van der Waals surface area contributed by atoms with Gasteiger partial charge in [-0.25, -0.2) is 8.42 Å². The van der Waals surface area contributed by atoms with Crippen LogP contribution in [0.4, 0.5) is 11.4 Å². The highest BCUT2D eigenvalue weighted by Gasteiger charge is 2.21. The second kappa shape index (κ2) is 9.51. The van der Waals surface area contributed by atoms with E-state index in [2.05, 4.69) is 9.35 Å². The first-order valence-corrected chi connectivity index (χ1v) is 11.6. The van der Waals surface area contributed by atoms with Gasteiger partial charge >= 0.3 is 10.5 Å². The Morgan fingerprint density at radius 2 is 1.63 bits per heavy atom. The molecule has 3 rings (SSSR count). The van der Waals surface area contributed by atoms with Crippen LogP contribution < -0.4 is 9.04 Å². The van der Waals surface area contributed by atoms with Crippen molar-refractivity contribution < 1.29 is 21.6 Å². The van der Waals surface area contributed by atoms with Gasteiger partial charge in [0, 0.05) is 12.4 Å². The Balaban J connectivity index is 1.80. The predicted octanol–water partition coefficient (Wildman–Crippen LogP) is 3.92. The second-order valence-corrected chi connectivity index (χ2v) is 8.97. The zero-order valence-corrected chi connectivity index (χ0v) is 17.7. The third kappa shape index (κ3) is 5.65. The first-order chi connectivity index (χ1) is 14.4. The van der Waals surface area contributed by atoms with Crippen molar-refractivity contribution in [2.45, 2.75) is 13.5 Å². The summed E-state index contributed by atoms with van der Waals surface area (Å²) in [6, 6.07) is 16.5. The van der Waals surface area contributed by atoms with Gasteiger partial charge in [0.05, 0.1) is 23.7 Å². The monoisotopic (exact) mass is 445 g/mol. The molecule has 0 aliphatic heterocycles. The average molecular weight is 446 g/mol. The number of ether oxygens (including phenoxy) is 1. The molecule has 0 radical (unpaired) electrons. The molecule has 10 heteroatoms. The SMILES string of the molecule is CCS(=O)(=O)N(Cc1cccnc1)c1ccc(Oc2ccc(N=S(=O)=O)cc2)cc1. The molecule has 0 amide bonds. The zero-order chi connectivity index (χ0) is 21.6. The second-order valence-electron chi connectivity index (χ2n) is 6.17. The van der Waals surface area contributed by atoms with E-state index in [1.807, 2.05) is 6.07 Å². The number of benzene rings is 2. The Bertz CT molecular complexity index is 1220. The molecule has 0 fully saturated rings. The minimum Gasteiger partial charge on any atom is -0.457 e. The maximum atomic E-state index is 12.6. The molecular weight excluding hydrogens is 426 g/mol. The maximum absolute atomic E-state index is 12.6. The van der Waals surface area contributed by atoms with Crippen LogP contribution in [0.5, 0.6) is 11.5 Å². The molecule has 0 saturated heterocycles. The third-order valence-corrected chi connectivity index (χ3v) is 6.23. The molecule has 0 bridgehead atoms. The number of aromatic nitrogens is 1. The fourth-order valence-corrected chi connectivity index (χ4v) is 4.04. The summed E-state index contributed by atoms with van der Waals surface area (Å²) in [6.45, 7) is 1.78. The largest absolute Gasteiger partial charge is 0.457 e. The molecule has 3 aromatic rings. The van der Waals surface area contributed by atoms with Gasteiger partial charge in [-0.3, -0.25) is 9.29 Å². The lowest BCUT2D eigenvalue weighted by atomic mass is 10.2. The first-order valence-electron chi connectivity index (χ1n) is 8.96. The number of hydrogen-bond acceptors (Lipinski definition) is 7. The van der Waals surface area contributed by atoms with E-state index in [4.69, 9.17) is 4.74 Å². The summed E-state index contributed by atoms with van der Waals surface area (Å²) in [7, 11) is -6.01. The van der Waals surface area contributed by atoms with Crippen molar-refractivity contribution in [3.8, 4) is 11.5 Å². The van der Waals surface area contributed by atoms with Gasteiger partial charge < -0.3 is 4.74 Å². The summed E-state index contributed by atoms with van der Waals surface area (Å²) in [6.07, 6.45) is 3.27. The number of sulfonamides is 1. The van der Waals surface area contributed by atoms with Gasteiger partial charge in [-0.2, -0.15) is 8.42 Å². The topological polar surface area (TPSA) is 106 Å². The molecule has 0 atom stereocenters. The quantitative estimate of drug-likeness (QED) is 0.520. The Morgan fingerprint density at radius 1 is 1.00 bits per heavy atom. The van der Waals surface area contributed by atoms with Gasteiger partial charge in [0.2, 0.25) is 10.0 Å². The van der Waals surface area contributed by atoms with Crippen molar-refractivity contribution in [2.24, 2.45) is 4.36 Å². The Labute approximate surface area is 176 Å². The molecular formula is C20H19N3O5S2. The van der Waals surface area contributed by atoms with Crippen LogP contribution in [0.15, 0.2) is 77.4 Å². The van der Waals surface area contributed by atoms with E-state index in [0.717, 1.165) is 5.56 Å². The Kier molecular flexibility index (Phi) is 6.80. The van der Waals surface area contributed by atoms with Crippen LogP contribution in [-0.2, 0) is 27.1 Å². The fraction of sp³-hybridized carbons (Fsp3) is 0.150. The van der Waals surface area contributed by atoms with Gasteiger partial charge in [-0.15, -0.1) is 4.36 Å². The van der Waals surface area contributed by atoms with Crippen molar-refractivity contribution in [1.29, 1.82) is 0 Å². The van der Waals surface area contributed by atoms with Crippen molar-refractivity contribution in [2.75, 3.05) is 10.1 Å². The average Bonchev–Trinajstić information content (AvgIpc) is 2.74. The van der Waals surface area contributed by atoms with E-state index in [9.17, 15) is 16.8 Å². The van der Waals surface area contributed by atoms with Gasteiger partial charge in [-0.1, -0.05) is 6.07 Å². The third-order valence-electron chi connectivity index (χ3n) is 4.13. The summed E-state index contributed by atoms with van der Waals surface area (Å²) in [4.78, 5) is 4.04. The number of nitrogens with zero attached hydrogens (tertiary/aromatic N) is 3. The highest BCUT2D eigenvalue weighted by atomic mass is 32.2. The Morgan fingerprint density at radius 3 is 2.17 bits per heavy atom. The minimum atomic E-state index is -3.49. The summed E-state index contributed by atoms with van der Waals surface area (Å²) >= 11 is 0. The van der Waals surface area contributed by atoms with E-state index < -0.39 is 20.5 Å². The number of anilines is 1. The summed E-state index contributed by atoms with van der Waals surface area (Å²) < 4.78 is 56.9. The molecule has 0 saturated carbocycles. The molecule has 30 heavy (non-hydrogen) atoms. The molecule has 1 aromatic heterocycles. The first kappa shape index (κ1) is 21.5. The highest BCUT2D eigenvalue weighted by Crippen LogP contribution is 2.28. The van der Waals surface area contributed by atoms with Gasteiger partial charge in [0.15, 0.2) is 0 Å². The van der Waals surface area contributed by atoms with Gasteiger partial charge in [0.1, 0.15) is 11.5 Å². The lowest BCUT2D eigenvalue weighted by molar-refractivity contribution is 0.482. The molecule has 0 aliphatic carbocycles. The van der Waals surface area contributed by atoms with Crippen LogP contribution in [-0.4, -0.2) is 27.6 Å². The molecule has 8 nitrogen and oxygen atoms in total. The lowest BCUT2D eigenvalue weighted by Crippen LogP contribution is -2.31. The van der Waals surface area contributed by atoms with Crippen LogP contribution in [0.1, 0.15) is 12.5 Å². The van der Waals surface area contributed by atoms with Crippen LogP contribution in [0, 0.1) is 0 Å². The number of pyridine rings is 1. The van der Waals surface area contributed by atoms with Crippen molar-refractivity contribution in [3.05, 3.63) is 78.6 Å². The minimum absolute atomic E-state index is 0.0307. The smallest absolute Gasteiger partial charge is 0.316 e. The van der Waals surface area contributed by atoms with E-state index >= 15 is 0 Å². The van der Waals surface area contributed by atoms with Gasteiger partial charge in [-0.05, 0) is 67.1 Å². The van der Waals surface area contributed by atoms with E-state index in [-0.39, 0.29) is 12.3 Å². The lowest BCUT2D eigenvalue weighted by Gasteiger charge is -2.24. The maximum Gasteiger partial charge on any atom is 0.316 e. The normalized spacial score (nSPS) is 11.0. The molecule has 0 N–H and O–H groups in total. The zero-order valence-electron chi connectivity index (χ0n) is 16.0. The van der Waals surface area contributed by atoms with Crippen LogP contribution in [0.3, 0.4) is 0 Å². The molecule has 0 aliphatic rings. The Hall–Kier alpha value is -3.24. The standard InChI is InChI=1S/C20H19N3O5S2/c1-2-30(26,27)23(15-16-4-3-13-21-14-16)18-7-11-20(12-8-18)28-19-9-5-17(6-10-19)22-29(24)25/h3-14H,2,15H2,1H3. The molecule has 156 valence electrons. The van der Waals surface area contributed by atoms with Crippen molar-refractivity contribution in [3.63, 3.8) is 0 Å². The summed E-state index contributed by atoms with van der Waals surface area (Å²) in [5.74, 6) is 0.967. The summed E-state index contributed by atoms with van der Waals surface area (Å²) in [5.41, 5.74) is 1.58. The van der Waals surface area contributed by atoms with E-state index in [1.54, 1.807) is 61.8 Å². The van der Waals surface area contributed by atoms with Gasteiger partial charge in [0.25, 0.3) is 0 Å². The molecule has 1 heterocycles. The fourth-order valence-electron chi connectivity index (χ4n) is 2.64. The van der Waals surface area contributed by atoms with Crippen molar-refractivity contribution in [1.82, 2.24) is 4.98 Å². The molecule has 0 spiro atoms. The number of hydrogen-bond donors (Lipinski definition) is 0. The van der Waals surface area contributed by atoms with Crippen molar-refractivity contribution >= 4 is 31.9 Å².